The summed E-state index contributed by atoms with van der Waals surface area (Å²) in [6.45, 7) is 0.463. The molecule has 0 aliphatic carbocycles. The molecule has 0 aromatic rings. The zero-order valence-corrected chi connectivity index (χ0v) is 5.75. The van der Waals surface area contributed by atoms with E-state index in [4.69, 9.17) is 0 Å². The van der Waals surface area contributed by atoms with Crippen LogP contribution in [0.1, 0.15) is 0 Å². The molecular formula is CH2NaO2S. The van der Waals surface area contributed by atoms with Crippen molar-refractivity contribution in [3.63, 3.8) is 0 Å². The first-order chi connectivity index (χ1) is 2.00. The first-order valence-electron chi connectivity index (χ1n) is 0.911. The molecule has 0 spiro atoms. The van der Waals surface area contributed by atoms with Gasteiger partial charge in [-0.1, -0.05) is 0 Å². The molecule has 0 aromatic carbocycles. The number of hydrogen-bond acceptors (Lipinski definition) is 3. The van der Waals surface area contributed by atoms with Crippen LogP contribution in [0, 0.1) is 0 Å². The molecule has 1 radical (unpaired) electrons. The summed E-state index contributed by atoms with van der Waals surface area (Å²) in [6, 6.07) is 0. The third-order valence-electron chi connectivity index (χ3n) is 0.192. The third kappa shape index (κ3) is 2.03. The average Bonchev–Trinajstić information content (AvgIpc) is 0.722. The number of rotatable bonds is 0. The molecule has 1 heterocycles. The quantitative estimate of drug-likeness (QED) is 0.320. The van der Waals surface area contributed by atoms with Crippen LogP contribution in [0.4, 0.5) is 0 Å². The van der Waals surface area contributed by atoms with Crippen LogP contribution in [0.2, 0.25) is 0 Å². The molecule has 0 unspecified atom stereocenters. The van der Waals surface area contributed by atoms with Crippen molar-refractivity contribution in [2.45, 2.75) is 0 Å². The number of hydrogen-bond donors (Lipinski definition) is 0. The molecule has 1 rings (SSSR count). The summed E-state index contributed by atoms with van der Waals surface area (Å²) in [7, 11) is 0. The van der Waals surface area contributed by atoms with E-state index in [0.717, 1.165) is 12.3 Å². The van der Waals surface area contributed by atoms with Gasteiger partial charge in [-0.3, -0.25) is 8.37 Å². The molecule has 1 aliphatic rings. The van der Waals surface area contributed by atoms with Crippen LogP contribution < -0.4 is 0 Å². The van der Waals surface area contributed by atoms with Gasteiger partial charge in [0.25, 0.3) is 0 Å². The van der Waals surface area contributed by atoms with Crippen LogP contribution in [0.3, 0.4) is 0 Å². The van der Waals surface area contributed by atoms with Crippen molar-refractivity contribution in [2.24, 2.45) is 0 Å². The molecule has 4 heteroatoms. The molecule has 0 atom stereocenters. The summed E-state index contributed by atoms with van der Waals surface area (Å²) in [5, 5.41) is 0. The summed E-state index contributed by atoms with van der Waals surface area (Å²) in [5.41, 5.74) is 0. The third-order valence-corrected chi connectivity index (χ3v) is 0.577. The van der Waals surface area contributed by atoms with Crippen molar-refractivity contribution in [3.8, 4) is 0 Å². The molecule has 2 nitrogen and oxygen atoms in total. The molecule has 1 aliphatic heterocycles. The second-order valence-electron chi connectivity index (χ2n) is 0.422. The second kappa shape index (κ2) is 3.46. The van der Waals surface area contributed by atoms with Crippen molar-refractivity contribution in [3.05, 3.63) is 0 Å². The maximum Gasteiger partial charge on any atom is 0.178 e. The van der Waals surface area contributed by atoms with Crippen molar-refractivity contribution in [1.82, 2.24) is 0 Å². The summed E-state index contributed by atoms with van der Waals surface area (Å²) >= 11 is 1.04. The Hall–Kier alpha value is 1.27. The predicted molar refractivity (Wildman–Crippen MR) is 20.4 cm³/mol. The van der Waals surface area contributed by atoms with Crippen molar-refractivity contribution in [2.75, 3.05) is 6.79 Å². The van der Waals surface area contributed by atoms with Gasteiger partial charge < -0.3 is 0 Å². The SMILES string of the molecule is C1OSO1.[Na]. The van der Waals surface area contributed by atoms with Crippen molar-refractivity contribution in [1.29, 1.82) is 0 Å². The van der Waals surface area contributed by atoms with E-state index in [1.807, 2.05) is 0 Å². The van der Waals surface area contributed by atoms with Crippen LogP contribution in [0.5, 0.6) is 0 Å². The summed E-state index contributed by atoms with van der Waals surface area (Å²) in [5.74, 6) is 0. The van der Waals surface area contributed by atoms with Gasteiger partial charge in [0.15, 0.2) is 19.1 Å². The Labute approximate surface area is 56.9 Å². The fourth-order valence-corrected chi connectivity index (χ4v) is 0.144. The normalized spacial score (nSPS) is 19.2. The fraction of sp³-hybridized carbons (Fsp3) is 1.00. The molecule has 0 saturated carbocycles. The van der Waals surface area contributed by atoms with E-state index in [9.17, 15) is 0 Å². The smallest absolute Gasteiger partial charge is 0.178 e. The van der Waals surface area contributed by atoms with Gasteiger partial charge in [-0.05, 0) is 0 Å². The minimum atomic E-state index is 0. The van der Waals surface area contributed by atoms with Gasteiger partial charge in [0, 0.05) is 29.6 Å². The Morgan fingerprint density at radius 2 is 1.60 bits per heavy atom. The van der Waals surface area contributed by atoms with E-state index in [0.29, 0.717) is 6.79 Å². The topological polar surface area (TPSA) is 18.5 Å². The molecule has 1 fully saturated rings. The Morgan fingerprint density at radius 3 is 1.60 bits per heavy atom. The van der Waals surface area contributed by atoms with Crippen LogP contribution in [-0.4, -0.2) is 36.4 Å². The first kappa shape index (κ1) is 6.27. The minimum absolute atomic E-state index is 0. The van der Waals surface area contributed by atoms with Gasteiger partial charge in [-0.15, -0.1) is 0 Å². The Morgan fingerprint density at radius 1 is 1.40 bits per heavy atom. The molecule has 5 heavy (non-hydrogen) atoms. The molecule has 0 aromatic heterocycles. The van der Waals surface area contributed by atoms with Gasteiger partial charge in [0.05, 0.1) is 0 Å². The van der Waals surface area contributed by atoms with Gasteiger partial charge in [-0.25, -0.2) is 0 Å². The zero-order valence-electron chi connectivity index (χ0n) is 2.93. The first-order valence-corrected chi connectivity index (χ1v) is 1.58. The van der Waals surface area contributed by atoms with E-state index in [2.05, 4.69) is 8.37 Å². The Bertz CT molecular complexity index is 17.6. The van der Waals surface area contributed by atoms with Gasteiger partial charge >= 0.3 is 0 Å². The zero-order chi connectivity index (χ0) is 2.83. The molecule has 1 saturated heterocycles. The van der Waals surface area contributed by atoms with Crippen LogP contribution >= 0.6 is 12.3 Å². The summed E-state index contributed by atoms with van der Waals surface area (Å²) < 4.78 is 8.83. The average molecular weight is 101 g/mol. The van der Waals surface area contributed by atoms with Gasteiger partial charge in [0.1, 0.15) is 0 Å². The molecule has 0 bridgehead atoms. The fourth-order valence-electron chi connectivity index (χ4n) is 0.0481. The maximum absolute atomic E-state index is 4.42. The second-order valence-corrected chi connectivity index (χ2v) is 1.03. The van der Waals surface area contributed by atoms with E-state index in [1.165, 1.54) is 0 Å². The van der Waals surface area contributed by atoms with E-state index >= 15 is 0 Å². The summed E-state index contributed by atoms with van der Waals surface area (Å²) in [4.78, 5) is 0. The molecule has 0 N–H and O–H groups in total. The largest absolute Gasteiger partial charge is 0.261 e. The van der Waals surface area contributed by atoms with Crippen molar-refractivity contribution < 1.29 is 8.37 Å². The van der Waals surface area contributed by atoms with Crippen LogP contribution in [0.25, 0.3) is 0 Å². The van der Waals surface area contributed by atoms with E-state index in [-0.39, 0.29) is 29.6 Å². The van der Waals surface area contributed by atoms with Gasteiger partial charge in [0.2, 0.25) is 0 Å². The minimum Gasteiger partial charge on any atom is -0.261 e. The monoisotopic (exact) mass is 101 g/mol. The van der Waals surface area contributed by atoms with E-state index in [1.54, 1.807) is 0 Å². The van der Waals surface area contributed by atoms with Crippen LogP contribution in [-0.2, 0) is 8.37 Å². The Kier molecular flexibility index (Phi) is 4.34. The van der Waals surface area contributed by atoms with Crippen LogP contribution in [0.15, 0.2) is 0 Å². The van der Waals surface area contributed by atoms with E-state index < -0.39 is 0 Å². The van der Waals surface area contributed by atoms with Gasteiger partial charge in [-0.2, -0.15) is 0 Å². The molecular weight excluding hydrogens is 99.1 g/mol. The standard InChI is InChI=1S/CH2O2S.Na/c1-2-4-3-1;/h1H2;. The maximum atomic E-state index is 4.42. The van der Waals surface area contributed by atoms with Crippen molar-refractivity contribution >= 4 is 41.9 Å². The molecule has 25 valence electrons. The summed E-state index contributed by atoms with van der Waals surface area (Å²) in [6.07, 6.45) is 0. The Balaban J connectivity index is 0.000000160. The predicted octanol–water partition coefficient (Wildman–Crippen LogP) is 0.173. The molecule has 0 amide bonds.